The number of hydrogen-bond acceptors (Lipinski definition) is 5. The van der Waals surface area contributed by atoms with Crippen LogP contribution >= 0.6 is 0 Å². The maximum Gasteiger partial charge on any atom is 0.270 e. The second-order valence-corrected chi connectivity index (χ2v) is 7.67. The third kappa shape index (κ3) is 3.68. The van der Waals surface area contributed by atoms with Crippen molar-refractivity contribution in [1.82, 2.24) is 4.31 Å². The zero-order valence-electron chi connectivity index (χ0n) is 13.1. The van der Waals surface area contributed by atoms with Crippen LogP contribution in [0.1, 0.15) is 31.7 Å². The van der Waals surface area contributed by atoms with Crippen molar-refractivity contribution >= 4 is 15.7 Å². The molecule has 0 spiro atoms. The largest absolute Gasteiger partial charge is 0.270 e. The van der Waals surface area contributed by atoms with Crippen LogP contribution in [0.4, 0.5) is 5.69 Å². The lowest BCUT2D eigenvalue weighted by Gasteiger charge is -2.28. The van der Waals surface area contributed by atoms with Gasteiger partial charge in [0, 0.05) is 31.1 Å². The quantitative estimate of drug-likeness (QED) is 0.562. The molecule has 0 radical (unpaired) electrons. The fourth-order valence-corrected chi connectivity index (χ4v) is 4.56. The molecule has 1 aliphatic carbocycles. The zero-order chi connectivity index (χ0) is 17.2. The molecule has 0 heterocycles. The maximum atomic E-state index is 13.0. The van der Waals surface area contributed by atoms with Gasteiger partial charge in [-0.15, -0.1) is 0 Å². The average molecular weight is 337 g/mol. The number of benzene rings is 1. The van der Waals surface area contributed by atoms with Crippen molar-refractivity contribution in [3.8, 4) is 6.07 Å². The SMILES string of the molecule is Cc1ccc([N+](=O)[O-])cc1S(=O)(=O)N(CCC#N)[C@@H](C)C1CC1. The number of aryl methyl sites for hydroxylation is 1. The lowest BCUT2D eigenvalue weighted by molar-refractivity contribution is -0.385. The van der Waals surface area contributed by atoms with Gasteiger partial charge >= 0.3 is 0 Å². The van der Waals surface area contributed by atoms with Crippen molar-refractivity contribution in [2.45, 2.75) is 44.0 Å². The molecule has 0 unspecified atom stereocenters. The Kier molecular flexibility index (Phi) is 5.02. The molecule has 1 fully saturated rings. The van der Waals surface area contributed by atoms with Gasteiger partial charge < -0.3 is 0 Å². The summed E-state index contributed by atoms with van der Waals surface area (Å²) >= 11 is 0. The number of nitro benzene ring substituents is 1. The van der Waals surface area contributed by atoms with Gasteiger partial charge in [-0.2, -0.15) is 9.57 Å². The number of nitrogens with zero attached hydrogens (tertiary/aromatic N) is 3. The average Bonchev–Trinajstić information content (AvgIpc) is 3.31. The van der Waals surface area contributed by atoms with Gasteiger partial charge in [-0.05, 0) is 38.2 Å². The Hall–Kier alpha value is -1.98. The first-order valence-electron chi connectivity index (χ1n) is 7.43. The molecule has 0 aromatic heterocycles. The van der Waals surface area contributed by atoms with Crippen LogP contribution in [0.15, 0.2) is 23.1 Å². The molecule has 1 saturated carbocycles. The zero-order valence-corrected chi connectivity index (χ0v) is 13.9. The molecule has 0 N–H and O–H groups in total. The van der Waals surface area contributed by atoms with E-state index < -0.39 is 14.9 Å². The van der Waals surface area contributed by atoms with Gasteiger partial charge in [-0.3, -0.25) is 10.1 Å². The van der Waals surface area contributed by atoms with Crippen LogP contribution in [-0.4, -0.2) is 30.2 Å². The summed E-state index contributed by atoms with van der Waals surface area (Å²) in [5.74, 6) is 0.294. The molecule has 124 valence electrons. The van der Waals surface area contributed by atoms with Crippen LogP contribution in [0.25, 0.3) is 0 Å². The third-order valence-electron chi connectivity index (χ3n) is 4.17. The van der Waals surface area contributed by atoms with E-state index >= 15 is 0 Å². The van der Waals surface area contributed by atoms with Gasteiger partial charge in [0.1, 0.15) is 0 Å². The minimum atomic E-state index is -3.89. The monoisotopic (exact) mass is 337 g/mol. The molecule has 1 aromatic rings. The van der Waals surface area contributed by atoms with Crippen LogP contribution in [0.3, 0.4) is 0 Å². The maximum absolute atomic E-state index is 13.0. The first kappa shape index (κ1) is 17.4. The minimum absolute atomic E-state index is 0.0582. The number of rotatable bonds is 7. The lowest BCUT2D eigenvalue weighted by Crippen LogP contribution is -2.40. The Morgan fingerprint density at radius 3 is 2.65 bits per heavy atom. The van der Waals surface area contributed by atoms with Gasteiger partial charge in [0.25, 0.3) is 5.69 Å². The second-order valence-electron chi connectivity index (χ2n) is 5.81. The van der Waals surface area contributed by atoms with Crippen molar-refractivity contribution in [2.24, 2.45) is 5.92 Å². The van der Waals surface area contributed by atoms with E-state index in [1.807, 2.05) is 13.0 Å². The summed E-state index contributed by atoms with van der Waals surface area (Å²) in [5, 5.41) is 19.7. The fraction of sp³-hybridized carbons (Fsp3) is 0.533. The first-order chi connectivity index (χ1) is 10.8. The number of sulfonamides is 1. The molecule has 1 atom stereocenters. The summed E-state index contributed by atoms with van der Waals surface area (Å²) < 4.78 is 27.3. The van der Waals surface area contributed by atoms with Gasteiger partial charge in [-0.1, -0.05) is 6.07 Å². The highest BCUT2D eigenvalue weighted by molar-refractivity contribution is 7.89. The van der Waals surface area contributed by atoms with Crippen LogP contribution < -0.4 is 0 Å². The third-order valence-corrected chi connectivity index (χ3v) is 6.30. The fourth-order valence-electron chi connectivity index (χ4n) is 2.62. The van der Waals surface area contributed by atoms with E-state index in [4.69, 9.17) is 5.26 Å². The minimum Gasteiger partial charge on any atom is -0.258 e. The molecule has 1 aromatic carbocycles. The molecular weight excluding hydrogens is 318 g/mol. The summed E-state index contributed by atoms with van der Waals surface area (Å²) in [6, 6.07) is 5.58. The summed E-state index contributed by atoms with van der Waals surface area (Å²) in [4.78, 5) is 10.3. The normalized spacial score (nSPS) is 16.1. The molecule has 0 amide bonds. The number of nitriles is 1. The Bertz CT molecular complexity index is 750. The van der Waals surface area contributed by atoms with E-state index in [9.17, 15) is 18.5 Å². The van der Waals surface area contributed by atoms with Crippen molar-refractivity contribution in [2.75, 3.05) is 6.54 Å². The number of non-ortho nitro benzene ring substituents is 1. The Morgan fingerprint density at radius 2 is 2.13 bits per heavy atom. The highest BCUT2D eigenvalue weighted by Gasteiger charge is 2.38. The predicted octanol–water partition coefficient (Wildman–Crippen LogP) is 2.61. The van der Waals surface area contributed by atoms with Gasteiger partial charge in [0.2, 0.25) is 10.0 Å². The van der Waals surface area contributed by atoms with E-state index in [1.165, 1.54) is 16.4 Å². The number of hydrogen-bond donors (Lipinski definition) is 0. The van der Waals surface area contributed by atoms with Crippen LogP contribution in [0.2, 0.25) is 0 Å². The first-order valence-corrected chi connectivity index (χ1v) is 8.87. The second kappa shape index (κ2) is 6.64. The Balaban J connectivity index is 2.46. The molecule has 7 nitrogen and oxygen atoms in total. The predicted molar refractivity (Wildman–Crippen MR) is 84.1 cm³/mol. The highest BCUT2D eigenvalue weighted by atomic mass is 32.2. The van der Waals surface area contributed by atoms with E-state index in [0.29, 0.717) is 11.5 Å². The van der Waals surface area contributed by atoms with Gasteiger partial charge in [-0.25, -0.2) is 8.42 Å². The van der Waals surface area contributed by atoms with Crippen molar-refractivity contribution in [1.29, 1.82) is 5.26 Å². The molecule has 8 heteroatoms. The topological polar surface area (TPSA) is 104 Å². The van der Waals surface area contributed by atoms with Crippen LogP contribution in [-0.2, 0) is 10.0 Å². The lowest BCUT2D eigenvalue weighted by atomic mass is 10.2. The van der Waals surface area contributed by atoms with Crippen molar-refractivity contribution in [3.05, 3.63) is 33.9 Å². The van der Waals surface area contributed by atoms with Crippen LogP contribution in [0, 0.1) is 34.3 Å². The summed E-state index contributed by atoms with van der Waals surface area (Å²) in [7, 11) is -3.89. The molecule has 0 aliphatic heterocycles. The Labute approximate surface area is 135 Å². The van der Waals surface area contributed by atoms with Crippen LogP contribution in [0.5, 0.6) is 0 Å². The molecule has 2 rings (SSSR count). The molecule has 0 saturated heterocycles. The highest BCUT2D eigenvalue weighted by Crippen LogP contribution is 2.37. The molecular formula is C15H19N3O4S. The van der Waals surface area contributed by atoms with Crippen molar-refractivity contribution in [3.63, 3.8) is 0 Å². The Morgan fingerprint density at radius 1 is 1.48 bits per heavy atom. The van der Waals surface area contributed by atoms with E-state index in [0.717, 1.165) is 18.9 Å². The summed E-state index contributed by atoms with van der Waals surface area (Å²) in [6.45, 7) is 3.54. The molecule has 1 aliphatic rings. The van der Waals surface area contributed by atoms with E-state index in [2.05, 4.69) is 0 Å². The van der Waals surface area contributed by atoms with Crippen molar-refractivity contribution < 1.29 is 13.3 Å². The number of nitro groups is 1. The van der Waals surface area contributed by atoms with E-state index in [-0.39, 0.29) is 29.6 Å². The standard InChI is InChI=1S/C15H19N3O4S/c1-11-4-7-14(18(19)20)10-15(11)23(21,22)17(9-3-8-16)12(2)13-5-6-13/h4,7,10,12-13H,3,5-6,9H2,1-2H3/t12-/m0/s1. The summed E-state index contributed by atoms with van der Waals surface area (Å²) in [6.07, 6.45) is 2.02. The molecule has 0 bridgehead atoms. The smallest absolute Gasteiger partial charge is 0.258 e. The summed E-state index contributed by atoms with van der Waals surface area (Å²) in [5.41, 5.74) is 0.203. The van der Waals surface area contributed by atoms with Gasteiger partial charge in [0.05, 0.1) is 15.9 Å². The van der Waals surface area contributed by atoms with E-state index in [1.54, 1.807) is 6.92 Å². The van der Waals surface area contributed by atoms with Gasteiger partial charge in [0.15, 0.2) is 0 Å². The molecule has 23 heavy (non-hydrogen) atoms.